The number of carboxylic acids is 1. The fraction of sp³-hybridized carbons (Fsp3) is 0.867. The van der Waals surface area contributed by atoms with Gasteiger partial charge in [-0.1, -0.05) is 39.5 Å². The van der Waals surface area contributed by atoms with Gasteiger partial charge in [0.15, 0.2) is 0 Å². The highest BCUT2D eigenvalue weighted by Crippen LogP contribution is 2.26. The summed E-state index contributed by atoms with van der Waals surface area (Å²) in [5.74, 6) is -0.182. The van der Waals surface area contributed by atoms with E-state index >= 15 is 0 Å². The van der Waals surface area contributed by atoms with Crippen LogP contribution in [-0.2, 0) is 4.79 Å². The lowest BCUT2D eigenvalue weighted by Gasteiger charge is -2.20. The molecule has 0 aromatic heterocycles. The lowest BCUT2D eigenvalue weighted by molar-refractivity contribution is -0.137. The minimum absolute atomic E-state index is 0.136. The third kappa shape index (κ3) is 7.36. The third-order valence-electron chi connectivity index (χ3n) is 3.54. The van der Waals surface area contributed by atoms with Crippen LogP contribution in [0, 0.1) is 5.92 Å². The minimum atomic E-state index is -0.944. The third-order valence-corrected chi connectivity index (χ3v) is 3.54. The van der Waals surface area contributed by atoms with Crippen molar-refractivity contribution in [3.63, 3.8) is 0 Å². The summed E-state index contributed by atoms with van der Waals surface area (Å²) in [4.78, 5) is 24.1. The number of nitrogens with zero attached hydrogens (tertiary/aromatic N) is 1. The van der Waals surface area contributed by atoms with Crippen LogP contribution in [0.1, 0.15) is 58.8 Å². The Balaban J connectivity index is 2.07. The molecule has 0 spiro atoms. The van der Waals surface area contributed by atoms with E-state index in [-0.39, 0.29) is 18.6 Å². The maximum absolute atomic E-state index is 11.9. The molecule has 116 valence electrons. The first-order valence-corrected chi connectivity index (χ1v) is 7.77. The zero-order chi connectivity index (χ0) is 15.0. The van der Waals surface area contributed by atoms with Crippen LogP contribution < -0.4 is 5.32 Å². The highest BCUT2D eigenvalue weighted by Gasteiger charge is 2.33. The van der Waals surface area contributed by atoms with Crippen molar-refractivity contribution in [3.05, 3.63) is 0 Å². The van der Waals surface area contributed by atoms with E-state index in [0.717, 1.165) is 31.6 Å². The first-order valence-electron chi connectivity index (χ1n) is 7.77. The molecule has 0 saturated heterocycles. The lowest BCUT2D eigenvalue weighted by Crippen LogP contribution is -2.44. The molecule has 5 heteroatoms. The second kappa shape index (κ2) is 8.82. The summed E-state index contributed by atoms with van der Waals surface area (Å²) < 4.78 is 0. The van der Waals surface area contributed by atoms with Gasteiger partial charge in [0, 0.05) is 12.6 Å². The van der Waals surface area contributed by atoms with Gasteiger partial charge in [-0.15, -0.1) is 0 Å². The van der Waals surface area contributed by atoms with Gasteiger partial charge in [-0.2, -0.15) is 0 Å². The number of carboxylic acid groups (broad SMARTS) is 1. The predicted molar refractivity (Wildman–Crippen MR) is 78.7 cm³/mol. The van der Waals surface area contributed by atoms with E-state index in [0.29, 0.717) is 6.54 Å². The first kappa shape index (κ1) is 16.8. The SMILES string of the molecule is CC(C)CCCCCCNC(=O)N(CC(=O)O)C1CC1. The molecule has 0 bridgehead atoms. The summed E-state index contributed by atoms with van der Waals surface area (Å²) in [5, 5.41) is 11.6. The highest BCUT2D eigenvalue weighted by atomic mass is 16.4. The van der Waals surface area contributed by atoms with E-state index in [4.69, 9.17) is 5.11 Å². The number of aliphatic carboxylic acids is 1. The van der Waals surface area contributed by atoms with Gasteiger partial charge >= 0.3 is 12.0 Å². The van der Waals surface area contributed by atoms with Crippen molar-refractivity contribution in [3.8, 4) is 0 Å². The zero-order valence-electron chi connectivity index (χ0n) is 12.7. The van der Waals surface area contributed by atoms with Gasteiger partial charge in [0.2, 0.25) is 0 Å². The normalized spacial score (nSPS) is 14.3. The summed E-state index contributed by atoms with van der Waals surface area (Å²) in [6.07, 6.45) is 7.66. The molecule has 0 atom stereocenters. The Hall–Kier alpha value is -1.26. The molecule has 1 fully saturated rings. The van der Waals surface area contributed by atoms with Crippen LogP contribution in [0.5, 0.6) is 0 Å². The Kier molecular flexibility index (Phi) is 7.41. The average molecular weight is 284 g/mol. The number of hydrogen-bond donors (Lipinski definition) is 2. The van der Waals surface area contributed by atoms with Crippen molar-refractivity contribution in [2.45, 2.75) is 64.8 Å². The molecule has 1 aliphatic carbocycles. The monoisotopic (exact) mass is 284 g/mol. The van der Waals surface area contributed by atoms with E-state index in [2.05, 4.69) is 19.2 Å². The van der Waals surface area contributed by atoms with Crippen molar-refractivity contribution in [2.75, 3.05) is 13.1 Å². The Bertz CT molecular complexity index is 314. The van der Waals surface area contributed by atoms with Crippen molar-refractivity contribution >= 4 is 12.0 Å². The predicted octanol–water partition coefficient (Wildman–Crippen LogP) is 2.85. The van der Waals surface area contributed by atoms with E-state index < -0.39 is 5.97 Å². The number of nitrogens with one attached hydrogen (secondary N) is 1. The molecule has 2 amide bonds. The summed E-state index contributed by atoms with van der Waals surface area (Å²) >= 11 is 0. The average Bonchev–Trinajstić information content (AvgIpc) is 3.18. The van der Waals surface area contributed by atoms with Crippen molar-refractivity contribution in [1.29, 1.82) is 0 Å². The second-order valence-corrected chi connectivity index (χ2v) is 6.08. The molecule has 1 aliphatic rings. The molecule has 1 rings (SSSR count). The van der Waals surface area contributed by atoms with Gasteiger partial charge in [0.1, 0.15) is 6.54 Å². The maximum atomic E-state index is 11.9. The Morgan fingerprint density at radius 3 is 2.40 bits per heavy atom. The number of carbonyl (C=O) groups is 2. The highest BCUT2D eigenvalue weighted by molar-refractivity contribution is 5.80. The Labute approximate surface area is 121 Å². The molecule has 0 heterocycles. The largest absolute Gasteiger partial charge is 0.480 e. The zero-order valence-corrected chi connectivity index (χ0v) is 12.7. The quantitative estimate of drug-likeness (QED) is 0.606. The fourth-order valence-corrected chi connectivity index (χ4v) is 2.23. The smallest absolute Gasteiger partial charge is 0.323 e. The molecule has 0 radical (unpaired) electrons. The topological polar surface area (TPSA) is 69.6 Å². The van der Waals surface area contributed by atoms with Crippen LogP contribution >= 0.6 is 0 Å². The lowest BCUT2D eigenvalue weighted by atomic mass is 10.0. The molecule has 0 unspecified atom stereocenters. The van der Waals surface area contributed by atoms with Crippen LogP contribution in [0.2, 0.25) is 0 Å². The molecule has 5 nitrogen and oxygen atoms in total. The Morgan fingerprint density at radius 2 is 1.85 bits per heavy atom. The van der Waals surface area contributed by atoms with Crippen LogP contribution in [0.15, 0.2) is 0 Å². The minimum Gasteiger partial charge on any atom is -0.480 e. The van der Waals surface area contributed by atoms with Gasteiger partial charge < -0.3 is 15.3 Å². The maximum Gasteiger partial charge on any atom is 0.323 e. The van der Waals surface area contributed by atoms with Crippen molar-refractivity contribution in [2.24, 2.45) is 5.92 Å². The van der Waals surface area contributed by atoms with Gasteiger partial charge in [-0.05, 0) is 25.2 Å². The molecule has 0 aromatic carbocycles. The number of rotatable bonds is 10. The van der Waals surface area contributed by atoms with Crippen molar-refractivity contribution in [1.82, 2.24) is 10.2 Å². The number of hydrogen-bond acceptors (Lipinski definition) is 2. The van der Waals surface area contributed by atoms with Crippen LogP contribution in [-0.4, -0.2) is 41.1 Å². The van der Waals surface area contributed by atoms with Gasteiger partial charge in [-0.25, -0.2) is 4.79 Å². The number of urea groups is 1. The molecular weight excluding hydrogens is 256 g/mol. The summed E-state index contributed by atoms with van der Waals surface area (Å²) in [6.45, 7) is 4.92. The second-order valence-electron chi connectivity index (χ2n) is 6.08. The molecule has 20 heavy (non-hydrogen) atoms. The number of carbonyl (C=O) groups excluding carboxylic acids is 1. The standard InChI is InChI=1S/C15H28N2O3/c1-12(2)7-5-3-4-6-10-16-15(20)17(11-14(18)19)13-8-9-13/h12-13H,3-11H2,1-2H3,(H,16,20)(H,18,19). The van der Waals surface area contributed by atoms with Gasteiger partial charge in [0.25, 0.3) is 0 Å². The van der Waals surface area contributed by atoms with E-state index in [1.165, 1.54) is 24.2 Å². The number of amides is 2. The number of unbranched alkanes of at least 4 members (excludes halogenated alkanes) is 3. The summed E-state index contributed by atoms with van der Waals surface area (Å²) in [5.41, 5.74) is 0. The fourth-order valence-electron chi connectivity index (χ4n) is 2.23. The molecular formula is C15H28N2O3. The summed E-state index contributed by atoms with van der Waals surface area (Å²) in [7, 11) is 0. The molecule has 2 N–H and O–H groups in total. The molecule has 1 saturated carbocycles. The van der Waals surface area contributed by atoms with E-state index in [1.54, 1.807) is 0 Å². The van der Waals surface area contributed by atoms with Crippen LogP contribution in [0.3, 0.4) is 0 Å². The van der Waals surface area contributed by atoms with Gasteiger partial charge in [-0.3, -0.25) is 4.79 Å². The van der Waals surface area contributed by atoms with E-state index in [1.807, 2.05) is 0 Å². The Morgan fingerprint density at radius 1 is 1.20 bits per heavy atom. The van der Waals surface area contributed by atoms with Gasteiger partial charge in [0.05, 0.1) is 0 Å². The van der Waals surface area contributed by atoms with Crippen LogP contribution in [0.25, 0.3) is 0 Å². The molecule has 0 aliphatic heterocycles. The van der Waals surface area contributed by atoms with E-state index in [9.17, 15) is 9.59 Å². The summed E-state index contributed by atoms with van der Waals surface area (Å²) in [6, 6.07) is -0.0887. The first-order chi connectivity index (χ1) is 9.50. The molecule has 0 aromatic rings. The van der Waals surface area contributed by atoms with Crippen LogP contribution in [0.4, 0.5) is 4.79 Å². The van der Waals surface area contributed by atoms with Crippen molar-refractivity contribution < 1.29 is 14.7 Å².